The summed E-state index contributed by atoms with van der Waals surface area (Å²) in [7, 11) is 0. The number of hydrogen-bond donors (Lipinski definition) is 0. The Kier molecular flexibility index (Phi) is 2.34. The third kappa shape index (κ3) is 1.90. The van der Waals surface area contributed by atoms with Crippen LogP contribution in [0.3, 0.4) is 0 Å². The zero-order chi connectivity index (χ0) is 9.26. The van der Waals surface area contributed by atoms with Gasteiger partial charge in [-0.3, -0.25) is 0 Å². The van der Waals surface area contributed by atoms with E-state index in [0.717, 1.165) is 5.92 Å². The summed E-state index contributed by atoms with van der Waals surface area (Å²) >= 11 is 0. The summed E-state index contributed by atoms with van der Waals surface area (Å²) in [6.45, 7) is 2.21. The van der Waals surface area contributed by atoms with Crippen molar-refractivity contribution in [3.05, 3.63) is 35.6 Å². The van der Waals surface area contributed by atoms with Crippen LogP contribution in [0.5, 0.6) is 0 Å². The van der Waals surface area contributed by atoms with Crippen LogP contribution in [0.15, 0.2) is 24.3 Å². The van der Waals surface area contributed by atoms with Gasteiger partial charge in [-0.05, 0) is 48.8 Å². The van der Waals surface area contributed by atoms with Gasteiger partial charge in [0.1, 0.15) is 5.82 Å². The molecule has 1 aliphatic rings. The summed E-state index contributed by atoms with van der Waals surface area (Å²) in [4.78, 5) is 0. The third-order valence-electron chi connectivity index (χ3n) is 2.93. The van der Waals surface area contributed by atoms with Crippen LogP contribution in [0, 0.1) is 11.7 Å². The molecule has 1 unspecified atom stereocenters. The maximum Gasteiger partial charge on any atom is 0.123 e. The molecular weight excluding hydrogens is 163 g/mol. The van der Waals surface area contributed by atoms with Crippen LogP contribution in [0.25, 0.3) is 0 Å². The van der Waals surface area contributed by atoms with Crippen molar-refractivity contribution in [2.45, 2.75) is 32.1 Å². The van der Waals surface area contributed by atoms with E-state index in [0.29, 0.717) is 5.92 Å². The molecule has 0 amide bonds. The molecule has 1 aliphatic carbocycles. The Hall–Kier alpha value is -0.850. The molecule has 70 valence electrons. The maximum atomic E-state index is 12.7. The summed E-state index contributed by atoms with van der Waals surface area (Å²) in [5.41, 5.74) is 1.31. The van der Waals surface area contributed by atoms with Gasteiger partial charge in [0.2, 0.25) is 0 Å². The summed E-state index contributed by atoms with van der Waals surface area (Å²) in [6, 6.07) is 7.00. The van der Waals surface area contributed by atoms with E-state index in [1.165, 1.54) is 24.8 Å². The Morgan fingerprint density at radius 2 is 1.92 bits per heavy atom. The van der Waals surface area contributed by atoms with Gasteiger partial charge in [-0.1, -0.05) is 19.1 Å². The number of halogens is 1. The highest BCUT2D eigenvalue weighted by molar-refractivity contribution is 5.22. The molecule has 1 atom stereocenters. The van der Waals surface area contributed by atoms with Gasteiger partial charge in [0, 0.05) is 0 Å². The van der Waals surface area contributed by atoms with Crippen molar-refractivity contribution < 1.29 is 4.39 Å². The van der Waals surface area contributed by atoms with Gasteiger partial charge in [0.05, 0.1) is 0 Å². The minimum atomic E-state index is -0.130. The lowest BCUT2D eigenvalue weighted by atomic mass is 9.92. The van der Waals surface area contributed by atoms with Crippen LogP contribution < -0.4 is 0 Å². The molecular formula is C12H15F. The zero-order valence-electron chi connectivity index (χ0n) is 7.96. The molecule has 1 heteroatoms. The highest BCUT2D eigenvalue weighted by Crippen LogP contribution is 2.44. The van der Waals surface area contributed by atoms with E-state index < -0.39 is 0 Å². The van der Waals surface area contributed by atoms with Gasteiger partial charge in [0.15, 0.2) is 0 Å². The van der Waals surface area contributed by atoms with Crippen molar-refractivity contribution in [3.8, 4) is 0 Å². The molecule has 0 saturated heterocycles. The van der Waals surface area contributed by atoms with Crippen molar-refractivity contribution in [3.63, 3.8) is 0 Å². The minimum absolute atomic E-state index is 0.130. The molecule has 0 bridgehead atoms. The molecule has 1 aromatic rings. The van der Waals surface area contributed by atoms with Crippen molar-refractivity contribution in [2.24, 2.45) is 5.92 Å². The Morgan fingerprint density at radius 1 is 1.31 bits per heavy atom. The van der Waals surface area contributed by atoms with E-state index in [2.05, 4.69) is 6.92 Å². The largest absolute Gasteiger partial charge is 0.207 e. The zero-order valence-corrected chi connectivity index (χ0v) is 7.96. The van der Waals surface area contributed by atoms with E-state index in [9.17, 15) is 4.39 Å². The molecule has 2 rings (SSSR count). The van der Waals surface area contributed by atoms with Crippen LogP contribution in [-0.4, -0.2) is 0 Å². The van der Waals surface area contributed by atoms with Gasteiger partial charge in [-0.2, -0.15) is 0 Å². The van der Waals surface area contributed by atoms with E-state index in [-0.39, 0.29) is 5.82 Å². The Balaban J connectivity index is 2.17. The van der Waals surface area contributed by atoms with Gasteiger partial charge in [-0.25, -0.2) is 4.39 Å². The lowest BCUT2D eigenvalue weighted by molar-refractivity contribution is 0.581. The molecule has 0 heterocycles. The lowest BCUT2D eigenvalue weighted by Crippen LogP contribution is -1.99. The highest BCUT2D eigenvalue weighted by atomic mass is 19.1. The maximum absolute atomic E-state index is 12.7. The van der Waals surface area contributed by atoms with Gasteiger partial charge in [0.25, 0.3) is 0 Å². The molecule has 1 aromatic carbocycles. The van der Waals surface area contributed by atoms with Crippen LogP contribution >= 0.6 is 0 Å². The van der Waals surface area contributed by atoms with E-state index in [1.807, 2.05) is 12.1 Å². The normalized spacial score (nSPS) is 18.6. The molecule has 0 nitrogen and oxygen atoms in total. The number of rotatable bonds is 3. The molecule has 1 saturated carbocycles. The standard InChI is InChI=1S/C12H15F/c1-2-12(9-3-4-9)10-5-7-11(13)8-6-10/h5-9,12H,2-4H2,1H3. The smallest absolute Gasteiger partial charge is 0.123 e. The molecule has 1 fully saturated rings. The van der Waals surface area contributed by atoms with Gasteiger partial charge in [-0.15, -0.1) is 0 Å². The topological polar surface area (TPSA) is 0 Å². The van der Waals surface area contributed by atoms with E-state index >= 15 is 0 Å². The monoisotopic (exact) mass is 178 g/mol. The number of benzene rings is 1. The van der Waals surface area contributed by atoms with Crippen LogP contribution in [-0.2, 0) is 0 Å². The Labute approximate surface area is 78.8 Å². The SMILES string of the molecule is CCC(c1ccc(F)cc1)C1CC1. The fourth-order valence-corrected chi connectivity index (χ4v) is 2.05. The number of hydrogen-bond acceptors (Lipinski definition) is 0. The minimum Gasteiger partial charge on any atom is -0.207 e. The first-order chi connectivity index (χ1) is 6.31. The first kappa shape index (κ1) is 8.74. The van der Waals surface area contributed by atoms with Gasteiger partial charge >= 0.3 is 0 Å². The molecule has 0 N–H and O–H groups in total. The van der Waals surface area contributed by atoms with Crippen LogP contribution in [0.1, 0.15) is 37.7 Å². The second kappa shape index (κ2) is 3.49. The first-order valence-corrected chi connectivity index (χ1v) is 5.06. The summed E-state index contributed by atoms with van der Waals surface area (Å²) < 4.78 is 12.7. The quantitative estimate of drug-likeness (QED) is 0.661. The predicted octanol–water partition coefficient (Wildman–Crippen LogP) is 3.73. The molecule has 0 radical (unpaired) electrons. The van der Waals surface area contributed by atoms with Crippen molar-refractivity contribution >= 4 is 0 Å². The van der Waals surface area contributed by atoms with Crippen molar-refractivity contribution in [1.29, 1.82) is 0 Å². The van der Waals surface area contributed by atoms with Crippen molar-refractivity contribution in [1.82, 2.24) is 0 Å². The summed E-state index contributed by atoms with van der Waals surface area (Å²) in [5.74, 6) is 1.41. The second-order valence-corrected chi connectivity index (χ2v) is 3.90. The van der Waals surface area contributed by atoms with Gasteiger partial charge < -0.3 is 0 Å². The average Bonchev–Trinajstić information content (AvgIpc) is 2.93. The molecule has 0 aliphatic heterocycles. The Morgan fingerprint density at radius 3 is 2.38 bits per heavy atom. The first-order valence-electron chi connectivity index (χ1n) is 5.06. The third-order valence-corrected chi connectivity index (χ3v) is 2.93. The van der Waals surface area contributed by atoms with Crippen LogP contribution in [0.4, 0.5) is 4.39 Å². The Bertz CT molecular complexity index is 272. The lowest BCUT2D eigenvalue weighted by Gasteiger charge is -2.13. The van der Waals surface area contributed by atoms with E-state index in [1.54, 1.807) is 12.1 Å². The average molecular weight is 178 g/mol. The molecule has 0 aromatic heterocycles. The molecule has 13 heavy (non-hydrogen) atoms. The molecule has 0 spiro atoms. The predicted molar refractivity (Wildman–Crippen MR) is 52.2 cm³/mol. The van der Waals surface area contributed by atoms with Crippen LogP contribution in [0.2, 0.25) is 0 Å². The summed E-state index contributed by atoms with van der Waals surface area (Å²) in [6.07, 6.45) is 3.89. The fraction of sp³-hybridized carbons (Fsp3) is 0.500. The van der Waals surface area contributed by atoms with E-state index in [4.69, 9.17) is 0 Å². The summed E-state index contributed by atoms with van der Waals surface area (Å²) in [5, 5.41) is 0. The fourth-order valence-electron chi connectivity index (χ4n) is 2.05. The highest BCUT2D eigenvalue weighted by Gasteiger charge is 2.30. The van der Waals surface area contributed by atoms with Crippen molar-refractivity contribution in [2.75, 3.05) is 0 Å². The second-order valence-electron chi connectivity index (χ2n) is 3.90.